The molecule has 1 unspecified atom stereocenters. The molecule has 29 heavy (non-hydrogen) atoms. The number of nitrogens with zero attached hydrogens (tertiary/aromatic N) is 3. The SMILES string of the molecule is O=C(NC1CCCCC1)N1CCCC(N(Cc2cccnc2)C(=O)C2CCC2)C1. The number of amides is 3. The Kier molecular flexibility index (Phi) is 6.67. The molecule has 0 aromatic carbocycles. The molecular weight excluding hydrogens is 364 g/mol. The fraction of sp³-hybridized carbons (Fsp3) is 0.696. The smallest absolute Gasteiger partial charge is 0.317 e. The van der Waals surface area contributed by atoms with Crippen LogP contribution in [0.25, 0.3) is 0 Å². The number of carbonyl (C=O) groups is 2. The predicted molar refractivity (Wildman–Crippen MR) is 112 cm³/mol. The van der Waals surface area contributed by atoms with Crippen molar-refractivity contribution in [1.29, 1.82) is 0 Å². The van der Waals surface area contributed by atoms with Crippen LogP contribution >= 0.6 is 0 Å². The van der Waals surface area contributed by atoms with Crippen LogP contribution < -0.4 is 5.32 Å². The second-order valence-electron chi connectivity index (χ2n) is 8.98. The maximum atomic E-state index is 13.2. The van der Waals surface area contributed by atoms with E-state index in [0.29, 0.717) is 19.1 Å². The van der Waals surface area contributed by atoms with Gasteiger partial charge in [-0.3, -0.25) is 9.78 Å². The van der Waals surface area contributed by atoms with Gasteiger partial charge in [0.15, 0.2) is 0 Å². The normalized spacial score (nSPS) is 23.3. The monoisotopic (exact) mass is 398 g/mol. The second kappa shape index (κ2) is 9.59. The molecule has 158 valence electrons. The lowest BCUT2D eigenvalue weighted by Gasteiger charge is -2.42. The number of aromatic nitrogens is 1. The van der Waals surface area contributed by atoms with E-state index < -0.39 is 0 Å². The topological polar surface area (TPSA) is 65.5 Å². The Balaban J connectivity index is 1.42. The van der Waals surface area contributed by atoms with Gasteiger partial charge in [0.2, 0.25) is 5.91 Å². The molecule has 2 aliphatic carbocycles. The lowest BCUT2D eigenvalue weighted by molar-refractivity contribution is -0.142. The molecule has 1 N–H and O–H groups in total. The van der Waals surface area contributed by atoms with E-state index in [1.165, 1.54) is 19.3 Å². The lowest BCUT2D eigenvalue weighted by Crippen LogP contribution is -2.56. The van der Waals surface area contributed by atoms with Crippen molar-refractivity contribution < 1.29 is 9.59 Å². The number of carbonyl (C=O) groups excluding carboxylic acids is 2. The molecular formula is C23H34N4O2. The van der Waals surface area contributed by atoms with Crippen LogP contribution in [-0.2, 0) is 11.3 Å². The zero-order valence-corrected chi connectivity index (χ0v) is 17.4. The number of piperidine rings is 1. The Labute approximate surface area is 174 Å². The van der Waals surface area contributed by atoms with Crippen LogP contribution in [0.15, 0.2) is 24.5 Å². The first kappa shape index (κ1) is 20.2. The Morgan fingerprint density at radius 2 is 1.90 bits per heavy atom. The molecule has 1 aromatic rings. The highest BCUT2D eigenvalue weighted by Crippen LogP contribution is 2.31. The van der Waals surface area contributed by atoms with Crippen molar-refractivity contribution in [3.05, 3.63) is 30.1 Å². The molecule has 4 rings (SSSR count). The van der Waals surface area contributed by atoms with Crippen molar-refractivity contribution in [2.24, 2.45) is 5.92 Å². The van der Waals surface area contributed by atoms with Crippen molar-refractivity contribution in [2.75, 3.05) is 13.1 Å². The summed E-state index contributed by atoms with van der Waals surface area (Å²) in [6, 6.07) is 4.42. The Hall–Kier alpha value is -2.11. The summed E-state index contributed by atoms with van der Waals surface area (Å²) >= 11 is 0. The quantitative estimate of drug-likeness (QED) is 0.822. The van der Waals surface area contributed by atoms with Crippen molar-refractivity contribution >= 4 is 11.9 Å². The van der Waals surface area contributed by atoms with E-state index >= 15 is 0 Å². The third-order valence-corrected chi connectivity index (χ3v) is 6.87. The summed E-state index contributed by atoms with van der Waals surface area (Å²) in [4.78, 5) is 34.3. The van der Waals surface area contributed by atoms with E-state index in [1.54, 1.807) is 6.20 Å². The van der Waals surface area contributed by atoms with E-state index in [2.05, 4.69) is 10.3 Å². The number of nitrogens with one attached hydrogen (secondary N) is 1. The largest absolute Gasteiger partial charge is 0.335 e. The molecule has 3 aliphatic rings. The molecule has 1 aromatic heterocycles. The van der Waals surface area contributed by atoms with Crippen molar-refractivity contribution in [3.8, 4) is 0 Å². The van der Waals surface area contributed by atoms with Crippen LogP contribution in [-0.4, -0.2) is 51.9 Å². The average molecular weight is 399 g/mol. The zero-order valence-electron chi connectivity index (χ0n) is 17.4. The van der Waals surface area contributed by atoms with Crippen molar-refractivity contribution in [1.82, 2.24) is 20.1 Å². The van der Waals surface area contributed by atoms with E-state index in [1.807, 2.05) is 28.1 Å². The van der Waals surface area contributed by atoms with Crippen molar-refractivity contribution in [2.45, 2.75) is 82.8 Å². The number of rotatable bonds is 5. The molecule has 3 fully saturated rings. The molecule has 6 heteroatoms. The van der Waals surface area contributed by atoms with Gasteiger partial charge in [0.25, 0.3) is 0 Å². The van der Waals surface area contributed by atoms with Gasteiger partial charge in [-0.15, -0.1) is 0 Å². The third-order valence-electron chi connectivity index (χ3n) is 6.87. The Bertz CT molecular complexity index is 685. The van der Waals surface area contributed by atoms with Gasteiger partial charge in [-0.05, 0) is 50.2 Å². The van der Waals surface area contributed by atoms with Crippen molar-refractivity contribution in [3.63, 3.8) is 0 Å². The number of pyridine rings is 1. The van der Waals surface area contributed by atoms with Gasteiger partial charge >= 0.3 is 6.03 Å². The summed E-state index contributed by atoms with van der Waals surface area (Å²) in [6.45, 7) is 2.01. The highest BCUT2D eigenvalue weighted by Gasteiger charge is 2.36. The molecule has 1 aliphatic heterocycles. The molecule has 1 atom stereocenters. The Morgan fingerprint density at radius 1 is 1.07 bits per heavy atom. The van der Waals surface area contributed by atoms with Crippen LogP contribution in [0, 0.1) is 5.92 Å². The van der Waals surface area contributed by atoms with Crippen LogP contribution in [0.2, 0.25) is 0 Å². The maximum absolute atomic E-state index is 13.2. The van der Waals surface area contributed by atoms with Gasteiger partial charge in [-0.1, -0.05) is 31.7 Å². The molecule has 2 heterocycles. The molecule has 0 radical (unpaired) electrons. The molecule has 6 nitrogen and oxygen atoms in total. The standard InChI is InChI=1S/C23H34N4O2/c28-22(19-8-4-9-19)27(16-18-7-5-13-24-15-18)21-12-6-14-26(17-21)23(29)25-20-10-2-1-3-11-20/h5,7,13,15,19-21H,1-4,6,8-12,14,16-17H2,(H,25,29). The van der Waals surface area contributed by atoms with E-state index in [9.17, 15) is 9.59 Å². The lowest BCUT2D eigenvalue weighted by atomic mass is 9.83. The van der Waals surface area contributed by atoms with Crippen LogP contribution in [0.3, 0.4) is 0 Å². The first-order chi connectivity index (χ1) is 14.2. The van der Waals surface area contributed by atoms with Gasteiger partial charge in [0.1, 0.15) is 0 Å². The van der Waals surface area contributed by atoms with E-state index in [4.69, 9.17) is 0 Å². The predicted octanol–water partition coefficient (Wildman–Crippen LogP) is 3.72. The van der Waals surface area contributed by atoms with E-state index in [0.717, 1.165) is 57.1 Å². The highest BCUT2D eigenvalue weighted by atomic mass is 16.2. The minimum absolute atomic E-state index is 0.0546. The third kappa shape index (κ3) is 5.09. The van der Waals surface area contributed by atoms with Gasteiger partial charge in [-0.25, -0.2) is 4.79 Å². The number of urea groups is 1. The Morgan fingerprint density at radius 3 is 2.59 bits per heavy atom. The summed E-state index contributed by atoms with van der Waals surface area (Å²) < 4.78 is 0. The number of likely N-dealkylation sites (tertiary alicyclic amines) is 1. The minimum atomic E-state index is 0.0546. The average Bonchev–Trinajstić information content (AvgIpc) is 2.72. The van der Waals surface area contributed by atoms with Gasteiger partial charge < -0.3 is 15.1 Å². The molecule has 0 bridgehead atoms. The minimum Gasteiger partial charge on any atom is -0.335 e. The summed E-state index contributed by atoms with van der Waals surface area (Å²) in [5.74, 6) is 0.428. The van der Waals surface area contributed by atoms with E-state index in [-0.39, 0.29) is 23.9 Å². The number of hydrogen-bond donors (Lipinski definition) is 1. The molecule has 3 amide bonds. The summed E-state index contributed by atoms with van der Waals surface area (Å²) in [5, 5.41) is 3.25. The van der Waals surface area contributed by atoms with Gasteiger partial charge in [-0.2, -0.15) is 0 Å². The summed E-state index contributed by atoms with van der Waals surface area (Å²) in [7, 11) is 0. The molecule has 1 saturated heterocycles. The fourth-order valence-corrected chi connectivity index (χ4v) is 4.87. The highest BCUT2D eigenvalue weighted by molar-refractivity contribution is 5.80. The summed E-state index contributed by atoms with van der Waals surface area (Å²) in [6.07, 6.45) is 14.6. The first-order valence-electron chi connectivity index (χ1n) is 11.5. The first-order valence-corrected chi connectivity index (χ1v) is 11.5. The maximum Gasteiger partial charge on any atom is 0.317 e. The number of hydrogen-bond acceptors (Lipinski definition) is 3. The zero-order chi connectivity index (χ0) is 20.1. The summed E-state index contributed by atoms with van der Waals surface area (Å²) in [5.41, 5.74) is 1.06. The molecule has 2 saturated carbocycles. The van der Waals surface area contributed by atoms with Crippen LogP contribution in [0.4, 0.5) is 4.79 Å². The van der Waals surface area contributed by atoms with Crippen LogP contribution in [0.1, 0.15) is 69.8 Å². The van der Waals surface area contributed by atoms with Crippen LogP contribution in [0.5, 0.6) is 0 Å². The molecule has 0 spiro atoms. The van der Waals surface area contributed by atoms with Gasteiger partial charge in [0.05, 0.1) is 0 Å². The fourth-order valence-electron chi connectivity index (χ4n) is 4.87. The second-order valence-corrected chi connectivity index (χ2v) is 8.98. The van der Waals surface area contributed by atoms with Gasteiger partial charge in [0, 0.05) is 50.0 Å².